The SMILES string of the molecule is Cc1nn(C)c(Oc2ccc(F)cc2)c1/C=N/OCCCOc1c(Cl)cc(OCC=C(Cl)Cl)cc1Cl. The normalized spacial score (nSPS) is 11.0. The van der Waals surface area contributed by atoms with Crippen LogP contribution in [0.3, 0.4) is 0 Å². The molecule has 2 aromatic carbocycles. The van der Waals surface area contributed by atoms with E-state index in [9.17, 15) is 4.39 Å². The molecule has 3 aromatic rings. The first-order valence-electron chi connectivity index (χ1n) is 10.6. The van der Waals surface area contributed by atoms with E-state index < -0.39 is 0 Å². The van der Waals surface area contributed by atoms with Gasteiger partial charge in [-0.25, -0.2) is 9.07 Å². The summed E-state index contributed by atoms with van der Waals surface area (Å²) in [5.41, 5.74) is 1.34. The van der Waals surface area contributed by atoms with Crippen LogP contribution in [0.4, 0.5) is 4.39 Å². The van der Waals surface area contributed by atoms with Crippen molar-refractivity contribution in [1.29, 1.82) is 0 Å². The zero-order valence-electron chi connectivity index (χ0n) is 19.3. The molecule has 0 aliphatic heterocycles. The van der Waals surface area contributed by atoms with Crippen molar-refractivity contribution in [2.45, 2.75) is 13.3 Å². The summed E-state index contributed by atoms with van der Waals surface area (Å²) in [7, 11) is 1.74. The zero-order valence-corrected chi connectivity index (χ0v) is 22.3. The molecule has 0 fully saturated rings. The fraction of sp³-hybridized carbons (Fsp3) is 0.250. The number of nitrogens with zero attached hydrogens (tertiary/aromatic N) is 3. The van der Waals surface area contributed by atoms with Crippen molar-refractivity contribution in [2.75, 3.05) is 19.8 Å². The van der Waals surface area contributed by atoms with Crippen LogP contribution in [-0.4, -0.2) is 35.8 Å². The molecule has 0 unspecified atom stereocenters. The highest BCUT2D eigenvalue weighted by molar-refractivity contribution is 6.55. The fourth-order valence-electron chi connectivity index (χ4n) is 2.94. The molecule has 0 radical (unpaired) electrons. The van der Waals surface area contributed by atoms with Crippen LogP contribution in [0.15, 0.2) is 52.1 Å². The molecule has 192 valence electrons. The summed E-state index contributed by atoms with van der Waals surface area (Å²) in [6.07, 6.45) is 3.53. The molecule has 0 aliphatic rings. The molecule has 0 bridgehead atoms. The predicted molar refractivity (Wildman–Crippen MR) is 140 cm³/mol. The Kier molecular flexibility index (Phi) is 10.6. The quantitative estimate of drug-likeness (QED) is 0.127. The van der Waals surface area contributed by atoms with Gasteiger partial charge in [0.2, 0.25) is 5.88 Å². The molecule has 0 spiro atoms. The molecule has 0 saturated carbocycles. The third-order valence-electron chi connectivity index (χ3n) is 4.58. The number of benzene rings is 2. The summed E-state index contributed by atoms with van der Waals surface area (Å²) in [6, 6.07) is 8.86. The Balaban J connectivity index is 1.48. The number of hydrogen-bond acceptors (Lipinski definition) is 6. The Hall–Kier alpha value is -2.65. The summed E-state index contributed by atoms with van der Waals surface area (Å²) in [5, 5.41) is 8.94. The van der Waals surface area contributed by atoms with Crippen LogP contribution < -0.4 is 14.2 Å². The predicted octanol–water partition coefficient (Wildman–Crippen LogP) is 7.48. The monoisotopic (exact) mass is 575 g/mol. The molecule has 0 aliphatic carbocycles. The summed E-state index contributed by atoms with van der Waals surface area (Å²) in [4.78, 5) is 5.34. The number of hydrogen-bond donors (Lipinski definition) is 0. The Labute approximate surface area is 227 Å². The number of ether oxygens (including phenoxy) is 3. The Morgan fingerprint density at radius 2 is 1.75 bits per heavy atom. The minimum atomic E-state index is -0.347. The van der Waals surface area contributed by atoms with Gasteiger partial charge in [-0.3, -0.25) is 0 Å². The highest BCUT2D eigenvalue weighted by Crippen LogP contribution is 2.37. The van der Waals surface area contributed by atoms with Crippen molar-refractivity contribution >= 4 is 52.6 Å². The smallest absolute Gasteiger partial charge is 0.226 e. The molecule has 12 heteroatoms. The minimum Gasteiger partial charge on any atom is -0.490 e. The van der Waals surface area contributed by atoms with Gasteiger partial charge in [-0.1, -0.05) is 51.6 Å². The lowest BCUT2D eigenvalue weighted by molar-refractivity contribution is 0.129. The topological polar surface area (TPSA) is 67.1 Å². The van der Waals surface area contributed by atoms with Gasteiger partial charge in [-0.2, -0.15) is 5.10 Å². The lowest BCUT2D eigenvalue weighted by Gasteiger charge is -2.12. The van der Waals surface area contributed by atoms with Crippen LogP contribution >= 0.6 is 46.4 Å². The van der Waals surface area contributed by atoms with Crippen LogP contribution in [0.2, 0.25) is 10.0 Å². The summed E-state index contributed by atoms with van der Waals surface area (Å²) in [6.45, 7) is 2.57. The molecule has 0 amide bonds. The molecule has 36 heavy (non-hydrogen) atoms. The third kappa shape index (κ3) is 8.20. The highest BCUT2D eigenvalue weighted by atomic mass is 35.5. The number of aryl methyl sites for hydroxylation is 2. The maximum atomic E-state index is 13.1. The van der Waals surface area contributed by atoms with E-state index in [0.29, 0.717) is 57.5 Å². The van der Waals surface area contributed by atoms with E-state index in [4.69, 9.17) is 65.5 Å². The van der Waals surface area contributed by atoms with Crippen LogP contribution in [0.5, 0.6) is 23.1 Å². The average Bonchev–Trinajstić information content (AvgIpc) is 3.08. The van der Waals surface area contributed by atoms with Crippen molar-refractivity contribution in [3.05, 3.63) is 74.1 Å². The Morgan fingerprint density at radius 1 is 1.06 bits per heavy atom. The second-order valence-corrected chi connectivity index (χ2v) is 9.10. The molecular weight excluding hydrogens is 555 g/mol. The van der Waals surface area contributed by atoms with Crippen molar-refractivity contribution in [2.24, 2.45) is 12.2 Å². The van der Waals surface area contributed by atoms with Gasteiger partial charge in [-0.05, 0) is 37.3 Å². The number of oxime groups is 1. The van der Waals surface area contributed by atoms with Gasteiger partial charge in [0.25, 0.3) is 0 Å². The minimum absolute atomic E-state index is 0.105. The van der Waals surface area contributed by atoms with Gasteiger partial charge in [-0.15, -0.1) is 0 Å². The molecule has 7 nitrogen and oxygen atoms in total. The van der Waals surface area contributed by atoms with E-state index in [1.165, 1.54) is 36.6 Å². The molecule has 1 heterocycles. The van der Waals surface area contributed by atoms with Crippen LogP contribution in [0.1, 0.15) is 17.7 Å². The summed E-state index contributed by atoms with van der Waals surface area (Å²) >= 11 is 23.6. The molecule has 1 aromatic heterocycles. The first kappa shape index (κ1) is 27.9. The highest BCUT2D eigenvalue weighted by Gasteiger charge is 2.14. The number of aromatic nitrogens is 2. The Morgan fingerprint density at radius 3 is 2.42 bits per heavy atom. The maximum Gasteiger partial charge on any atom is 0.226 e. The molecule has 0 N–H and O–H groups in total. The zero-order chi connectivity index (χ0) is 26.1. The van der Waals surface area contributed by atoms with Crippen LogP contribution in [0, 0.1) is 12.7 Å². The second-order valence-electron chi connectivity index (χ2n) is 7.27. The Bertz CT molecular complexity index is 1210. The summed E-state index contributed by atoms with van der Waals surface area (Å²) < 4.78 is 31.8. The molecular formula is C24H22Cl4FN3O4. The van der Waals surface area contributed by atoms with E-state index >= 15 is 0 Å². The van der Waals surface area contributed by atoms with E-state index in [2.05, 4.69) is 10.3 Å². The summed E-state index contributed by atoms with van der Waals surface area (Å²) in [5.74, 6) is 1.37. The lowest BCUT2D eigenvalue weighted by Crippen LogP contribution is -2.03. The largest absolute Gasteiger partial charge is 0.490 e. The fourth-order valence-corrected chi connectivity index (χ4v) is 3.64. The van der Waals surface area contributed by atoms with E-state index in [1.54, 1.807) is 23.9 Å². The van der Waals surface area contributed by atoms with Crippen molar-refractivity contribution < 1.29 is 23.4 Å². The van der Waals surface area contributed by atoms with Gasteiger partial charge in [0.15, 0.2) is 5.75 Å². The second kappa shape index (κ2) is 13.6. The van der Waals surface area contributed by atoms with E-state index in [1.807, 2.05) is 6.92 Å². The van der Waals surface area contributed by atoms with Crippen molar-refractivity contribution in [1.82, 2.24) is 9.78 Å². The van der Waals surface area contributed by atoms with Crippen LogP contribution in [0.25, 0.3) is 0 Å². The molecule has 0 saturated heterocycles. The maximum absolute atomic E-state index is 13.1. The van der Waals surface area contributed by atoms with Gasteiger partial charge in [0.1, 0.15) is 35.0 Å². The first-order chi connectivity index (χ1) is 17.2. The van der Waals surface area contributed by atoms with Gasteiger partial charge in [0.05, 0.1) is 34.1 Å². The van der Waals surface area contributed by atoms with E-state index in [-0.39, 0.29) is 23.5 Å². The average molecular weight is 577 g/mol. The van der Waals surface area contributed by atoms with Crippen LogP contribution in [-0.2, 0) is 11.9 Å². The van der Waals surface area contributed by atoms with Gasteiger partial charge >= 0.3 is 0 Å². The standard InChI is InChI=1S/C24H22Cl4FN3O4/c1-15-19(24(32(2)31-15)36-17-6-4-16(29)5-7-17)14-30-35-10-3-9-34-23-20(25)12-18(13-21(23)26)33-11-8-22(27)28/h4-8,12-14H,3,9-11H2,1-2H3/b30-14+. The third-order valence-corrected chi connectivity index (χ3v) is 5.45. The van der Waals surface area contributed by atoms with Crippen molar-refractivity contribution in [3.8, 4) is 23.1 Å². The van der Waals surface area contributed by atoms with Gasteiger partial charge in [0, 0.05) is 25.6 Å². The van der Waals surface area contributed by atoms with Crippen molar-refractivity contribution in [3.63, 3.8) is 0 Å². The van der Waals surface area contributed by atoms with E-state index in [0.717, 1.165) is 0 Å². The van der Waals surface area contributed by atoms with Gasteiger partial charge < -0.3 is 19.0 Å². The lowest BCUT2D eigenvalue weighted by atomic mass is 10.3. The molecule has 3 rings (SSSR count). The number of rotatable bonds is 12. The first-order valence-corrected chi connectivity index (χ1v) is 12.1. The number of halogens is 5. The molecule has 0 atom stereocenters.